The van der Waals surface area contributed by atoms with Crippen LogP contribution in [0.2, 0.25) is 0 Å². The topological polar surface area (TPSA) is 0 Å². The molecule has 0 unspecified atom stereocenters. The zero-order valence-corrected chi connectivity index (χ0v) is 11.7. The molecule has 1 spiro atoms. The summed E-state index contributed by atoms with van der Waals surface area (Å²) in [5.74, 6) is 0. The van der Waals surface area contributed by atoms with E-state index in [2.05, 4.69) is 48.6 Å². The first kappa shape index (κ1) is 10.9. The molecule has 98 valence electrons. The van der Waals surface area contributed by atoms with Gasteiger partial charge in [-0.1, -0.05) is 61.4 Å². The predicted octanol–water partition coefficient (Wildman–Crippen LogP) is 5.16. The lowest BCUT2D eigenvalue weighted by Gasteiger charge is -2.35. The summed E-state index contributed by atoms with van der Waals surface area (Å²) in [6, 6.07) is 11.6. The lowest BCUT2D eigenvalue weighted by Crippen LogP contribution is -2.24. The van der Waals surface area contributed by atoms with Crippen LogP contribution in [0.3, 0.4) is 0 Å². The number of allylic oxidation sites excluding steroid dienone is 4. The van der Waals surface area contributed by atoms with Gasteiger partial charge in [0, 0.05) is 5.41 Å². The normalized spacial score (nSPS) is 21.5. The average Bonchev–Trinajstić information content (AvgIpc) is 2.95. The first-order valence-corrected chi connectivity index (χ1v) is 7.82. The monoisotopic (exact) mass is 258 g/mol. The second-order valence-electron chi connectivity index (χ2n) is 6.57. The highest BCUT2D eigenvalue weighted by Gasteiger charge is 2.38. The minimum Gasteiger partial charge on any atom is -0.0795 e. The summed E-state index contributed by atoms with van der Waals surface area (Å²) in [5.41, 5.74) is 6.44. The molecule has 20 heavy (non-hydrogen) atoms. The molecule has 1 fully saturated rings. The maximum Gasteiger partial charge on any atom is 0.0147 e. The van der Waals surface area contributed by atoms with Crippen molar-refractivity contribution in [3.63, 3.8) is 0 Å². The number of fused-ring (bicyclic) bond motifs is 1. The smallest absolute Gasteiger partial charge is 0.0147 e. The SMILES string of the molecule is C1=CC2=CC3(CCCC3)c3cccc4ccc(c2c34)C1. The molecule has 0 nitrogen and oxygen atoms in total. The summed E-state index contributed by atoms with van der Waals surface area (Å²) in [6.07, 6.45) is 13.8. The van der Waals surface area contributed by atoms with E-state index in [1.807, 2.05) is 0 Å². The van der Waals surface area contributed by atoms with Gasteiger partial charge < -0.3 is 0 Å². The summed E-state index contributed by atoms with van der Waals surface area (Å²) < 4.78 is 0. The van der Waals surface area contributed by atoms with Crippen LogP contribution in [-0.4, -0.2) is 0 Å². The van der Waals surface area contributed by atoms with Crippen LogP contribution in [0.25, 0.3) is 16.3 Å². The van der Waals surface area contributed by atoms with Crippen molar-refractivity contribution in [3.8, 4) is 0 Å². The first-order chi connectivity index (χ1) is 9.87. The average molecular weight is 258 g/mol. The van der Waals surface area contributed by atoms with Gasteiger partial charge in [-0.25, -0.2) is 0 Å². The van der Waals surface area contributed by atoms with Gasteiger partial charge >= 0.3 is 0 Å². The van der Waals surface area contributed by atoms with Crippen LogP contribution in [0, 0.1) is 0 Å². The molecule has 1 saturated carbocycles. The molecule has 0 N–H and O–H groups in total. The Kier molecular flexibility index (Phi) is 1.98. The Hall–Kier alpha value is -1.82. The lowest BCUT2D eigenvalue weighted by molar-refractivity contribution is 0.561. The fourth-order valence-electron chi connectivity index (χ4n) is 4.65. The molecular weight excluding hydrogens is 240 g/mol. The van der Waals surface area contributed by atoms with E-state index in [0.29, 0.717) is 5.41 Å². The summed E-state index contributed by atoms with van der Waals surface area (Å²) in [6.45, 7) is 0. The Morgan fingerprint density at radius 1 is 0.950 bits per heavy atom. The molecule has 0 heterocycles. The van der Waals surface area contributed by atoms with E-state index < -0.39 is 0 Å². The number of benzene rings is 2. The van der Waals surface area contributed by atoms with Gasteiger partial charge in [-0.15, -0.1) is 0 Å². The fourth-order valence-corrected chi connectivity index (χ4v) is 4.65. The van der Waals surface area contributed by atoms with Crippen LogP contribution in [0.15, 0.2) is 48.6 Å². The van der Waals surface area contributed by atoms with Crippen LogP contribution in [0.1, 0.15) is 42.4 Å². The molecule has 0 aromatic heterocycles. The molecular formula is C20H18. The van der Waals surface area contributed by atoms with Crippen LogP contribution in [-0.2, 0) is 11.8 Å². The van der Waals surface area contributed by atoms with Crippen LogP contribution >= 0.6 is 0 Å². The van der Waals surface area contributed by atoms with Crippen LogP contribution < -0.4 is 0 Å². The summed E-state index contributed by atoms with van der Waals surface area (Å²) in [4.78, 5) is 0. The zero-order valence-electron chi connectivity index (χ0n) is 11.7. The molecule has 0 bridgehead atoms. The molecule has 3 aliphatic rings. The first-order valence-electron chi connectivity index (χ1n) is 7.82. The Balaban J connectivity index is 1.97. The Labute approximate surface area is 119 Å². The highest BCUT2D eigenvalue weighted by Crippen LogP contribution is 2.52. The summed E-state index contributed by atoms with van der Waals surface area (Å²) >= 11 is 0. The van der Waals surface area contributed by atoms with E-state index in [9.17, 15) is 0 Å². The van der Waals surface area contributed by atoms with Gasteiger partial charge in [-0.2, -0.15) is 0 Å². The minimum absolute atomic E-state index is 0.322. The second-order valence-corrected chi connectivity index (χ2v) is 6.57. The molecule has 0 heteroatoms. The van der Waals surface area contributed by atoms with Crippen molar-refractivity contribution in [3.05, 3.63) is 65.3 Å². The van der Waals surface area contributed by atoms with Gasteiger partial charge in [-0.3, -0.25) is 0 Å². The molecule has 0 aliphatic heterocycles. The van der Waals surface area contributed by atoms with Crippen molar-refractivity contribution in [2.75, 3.05) is 0 Å². The number of rotatable bonds is 0. The molecule has 0 atom stereocenters. The molecule has 0 radical (unpaired) electrons. The van der Waals surface area contributed by atoms with Gasteiger partial charge in [0.05, 0.1) is 0 Å². The maximum absolute atomic E-state index is 2.59. The lowest BCUT2D eigenvalue weighted by atomic mass is 9.68. The largest absolute Gasteiger partial charge is 0.0795 e. The van der Waals surface area contributed by atoms with Crippen molar-refractivity contribution in [1.82, 2.24) is 0 Å². The maximum atomic E-state index is 2.59. The Bertz CT molecular complexity index is 783. The molecule has 2 aromatic carbocycles. The van der Waals surface area contributed by atoms with Crippen molar-refractivity contribution in [2.45, 2.75) is 37.5 Å². The highest BCUT2D eigenvalue weighted by atomic mass is 14.4. The third-order valence-corrected chi connectivity index (χ3v) is 5.52. The van der Waals surface area contributed by atoms with Gasteiger partial charge in [0.25, 0.3) is 0 Å². The van der Waals surface area contributed by atoms with E-state index in [0.717, 1.165) is 6.42 Å². The third kappa shape index (κ3) is 1.22. The van der Waals surface area contributed by atoms with Crippen LogP contribution in [0.4, 0.5) is 0 Å². The van der Waals surface area contributed by atoms with E-state index >= 15 is 0 Å². The van der Waals surface area contributed by atoms with E-state index in [-0.39, 0.29) is 0 Å². The molecule has 3 aliphatic carbocycles. The number of hydrogen-bond donors (Lipinski definition) is 0. The molecule has 0 saturated heterocycles. The second kappa shape index (κ2) is 3.63. The van der Waals surface area contributed by atoms with E-state index in [1.54, 1.807) is 10.9 Å². The van der Waals surface area contributed by atoms with Crippen molar-refractivity contribution >= 4 is 16.3 Å². The molecule has 5 rings (SSSR count). The standard InChI is InChI=1S/C20H18/c1-2-12-20(11-1)13-16-7-3-5-14-9-10-15-6-4-8-17(20)19(15)18(14)16/h3-4,6-10,13H,1-2,5,11-12H2. The fraction of sp³-hybridized carbons (Fsp3) is 0.300. The zero-order chi connectivity index (χ0) is 13.2. The van der Waals surface area contributed by atoms with Gasteiger partial charge in [-0.05, 0) is 52.3 Å². The minimum atomic E-state index is 0.322. The van der Waals surface area contributed by atoms with Crippen LogP contribution in [0.5, 0.6) is 0 Å². The number of hydrogen-bond acceptors (Lipinski definition) is 0. The summed E-state index contributed by atoms with van der Waals surface area (Å²) in [5, 5.41) is 2.97. The Morgan fingerprint density at radius 3 is 2.75 bits per heavy atom. The van der Waals surface area contributed by atoms with Crippen molar-refractivity contribution < 1.29 is 0 Å². The molecule has 0 amide bonds. The highest BCUT2D eigenvalue weighted by molar-refractivity contribution is 6.03. The molecule has 2 aromatic rings. The quantitative estimate of drug-likeness (QED) is 0.612. The van der Waals surface area contributed by atoms with Gasteiger partial charge in [0.1, 0.15) is 0 Å². The Morgan fingerprint density at radius 2 is 1.85 bits per heavy atom. The van der Waals surface area contributed by atoms with E-state index in [4.69, 9.17) is 0 Å². The van der Waals surface area contributed by atoms with Crippen molar-refractivity contribution in [2.24, 2.45) is 0 Å². The predicted molar refractivity (Wildman–Crippen MR) is 84.9 cm³/mol. The van der Waals surface area contributed by atoms with Gasteiger partial charge in [0.2, 0.25) is 0 Å². The van der Waals surface area contributed by atoms with E-state index in [1.165, 1.54) is 47.8 Å². The third-order valence-electron chi connectivity index (χ3n) is 5.52. The summed E-state index contributed by atoms with van der Waals surface area (Å²) in [7, 11) is 0. The van der Waals surface area contributed by atoms with Crippen molar-refractivity contribution in [1.29, 1.82) is 0 Å². The van der Waals surface area contributed by atoms with Gasteiger partial charge in [0.15, 0.2) is 0 Å².